The quantitative estimate of drug-likeness (QED) is 0.0176. The number of amides is 5. The SMILES string of the molecule is CC(O)C(NC(=O)C(CCCCN)NC(=O)CCC(=O)OC(CO)C1OC(=O)C(OP(=O)(N(C)C)N(C)C)=C1O)C(=O)NC(C(=O)NC(CCCCN)C(=O)NC(CO)C(=O)O)C(C)O. The number of hydrogen-bond acceptors (Lipinski definition) is 19. The van der Waals surface area contributed by atoms with E-state index in [0.717, 1.165) is 23.2 Å². The fourth-order valence-electron chi connectivity index (χ4n) is 5.89. The molecule has 0 radical (unpaired) electrons. The van der Waals surface area contributed by atoms with Gasteiger partial charge in [-0.15, -0.1) is 0 Å². The maximum atomic E-state index is 13.6. The minimum absolute atomic E-state index is 0.0527. The predicted molar refractivity (Wildman–Crippen MR) is 225 cm³/mol. The van der Waals surface area contributed by atoms with E-state index in [-0.39, 0.29) is 38.8 Å². The lowest BCUT2D eigenvalue weighted by Crippen LogP contribution is -2.62. The summed E-state index contributed by atoms with van der Waals surface area (Å²) < 4.78 is 31.1. The van der Waals surface area contributed by atoms with Crippen LogP contribution in [0.3, 0.4) is 0 Å². The fraction of sp³-hybridized carbons (Fsp3) is 0.730. The van der Waals surface area contributed by atoms with Crippen LogP contribution in [0.5, 0.6) is 0 Å². The summed E-state index contributed by atoms with van der Waals surface area (Å²) in [7, 11) is 1.70. The summed E-state index contributed by atoms with van der Waals surface area (Å²) in [5, 5.41) is 71.5. The highest BCUT2D eigenvalue weighted by Gasteiger charge is 2.46. The van der Waals surface area contributed by atoms with Crippen LogP contribution >= 0.6 is 7.67 Å². The molecule has 0 aliphatic carbocycles. The van der Waals surface area contributed by atoms with Crippen LogP contribution in [0, 0.1) is 0 Å². The molecule has 0 bridgehead atoms. The molecule has 65 heavy (non-hydrogen) atoms. The zero-order valence-electron chi connectivity index (χ0n) is 37.3. The molecule has 0 aromatic rings. The third kappa shape index (κ3) is 18.1. The van der Waals surface area contributed by atoms with Crippen LogP contribution < -0.4 is 38.1 Å². The number of carbonyl (C=O) groups excluding carboxylic acids is 7. The van der Waals surface area contributed by atoms with E-state index >= 15 is 0 Å². The lowest BCUT2D eigenvalue weighted by atomic mass is 10.0. The number of carboxylic acid groups (broad SMARTS) is 1. The molecule has 28 heteroatoms. The van der Waals surface area contributed by atoms with E-state index in [0.29, 0.717) is 12.8 Å². The lowest BCUT2D eigenvalue weighted by Gasteiger charge is -2.29. The molecule has 0 spiro atoms. The highest BCUT2D eigenvalue weighted by molar-refractivity contribution is 7.54. The highest BCUT2D eigenvalue weighted by atomic mass is 31.2. The number of nitrogens with one attached hydrogen (secondary N) is 5. The van der Waals surface area contributed by atoms with Crippen molar-refractivity contribution in [1.29, 1.82) is 0 Å². The number of aliphatic hydroxyl groups excluding tert-OH is 5. The first-order valence-electron chi connectivity index (χ1n) is 20.6. The number of carbonyl (C=O) groups is 8. The Morgan fingerprint density at radius 1 is 0.723 bits per heavy atom. The molecule has 1 aliphatic rings. The molecule has 0 aromatic heterocycles. The number of cyclic esters (lactones) is 1. The molecule has 9 unspecified atom stereocenters. The third-order valence-electron chi connectivity index (χ3n) is 9.60. The molecule has 0 saturated heterocycles. The number of aliphatic hydroxyl groups is 5. The van der Waals surface area contributed by atoms with Crippen LogP contribution in [-0.4, -0.2) is 197 Å². The first kappa shape index (κ1) is 58.0. The number of aliphatic carboxylic acids is 1. The summed E-state index contributed by atoms with van der Waals surface area (Å²) in [6.45, 7) is 0.721. The monoisotopic (exact) mass is 955 g/mol. The van der Waals surface area contributed by atoms with Gasteiger partial charge in [0.1, 0.15) is 30.2 Å². The van der Waals surface area contributed by atoms with E-state index in [1.807, 2.05) is 0 Å². The summed E-state index contributed by atoms with van der Waals surface area (Å²) in [5.41, 5.74) is 11.1. The number of nitrogens with two attached hydrogens (primary N) is 2. The molecule has 1 rings (SSSR count). The van der Waals surface area contributed by atoms with Gasteiger partial charge in [0.2, 0.25) is 35.6 Å². The van der Waals surface area contributed by atoms with E-state index in [9.17, 15) is 73.6 Å². The number of unbranched alkanes of at least 4 members (excludes halogenated alkanes) is 2. The first-order valence-corrected chi connectivity index (χ1v) is 22.1. The fourth-order valence-corrected chi connectivity index (χ4v) is 7.34. The van der Waals surface area contributed by atoms with Gasteiger partial charge in [-0.25, -0.2) is 23.5 Å². The standard InChI is InChI=1S/C37H66N9O18P/c1-19(49)27(34(56)41-22(12-8-10-16-39)32(54)42-23(17-47)36(58)59)44-35(57)28(20(2)50)43-33(55)21(11-7-9-15-38)40-25(51)13-14-26(52)62-24(18-48)30-29(53)31(37(60)63-30)64-65(61,45(3)4)46(5)6/h19-24,27-28,30,47-50,53H,7-18,38-39H2,1-6H3,(H,40,51)(H,41,56)(H,42,54)(H,43,55)(H,44,57)(H,58,59). The number of esters is 2. The summed E-state index contributed by atoms with van der Waals surface area (Å²) in [4.78, 5) is 103. The smallest absolute Gasteiger partial charge is 0.395 e. The van der Waals surface area contributed by atoms with E-state index in [4.69, 9.17) is 25.5 Å². The largest absolute Gasteiger partial charge is 0.505 e. The van der Waals surface area contributed by atoms with Crippen molar-refractivity contribution >= 4 is 55.1 Å². The van der Waals surface area contributed by atoms with Crippen LogP contribution in [0.25, 0.3) is 0 Å². The highest BCUT2D eigenvalue weighted by Crippen LogP contribution is 2.53. The second-order valence-electron chi connectivity index (χ2n) is 15.3. The van der Waals surface area contributed by atoms with Crippen molar-refractivity contribution < 1.29 is 87.6 Å². The topological polar surface area (TPSA) is 421 Å². The van der Waals surface area contributed by atoms with Gasteiger partial charge in [-0.3, -0.25) is 28.8 Å². The van der Waals surface area contributed by atoms with Gasteiger partial charge in [0.15, 0.2) is 11.9 Å². The van der Waals surface area contributed by atoms with Crippen molar-refractivity contribution in [1.82, 2.24) is 35.9 Å². The minimum Gasteiger partial charge on any atom is -0.505 e. The number of hydrogen-bond donors (Lipinski definition) is 13. The van der Waals surface area contributed by atoms with Crippen molar-refractivity contribution in [2.75, 3.05) is 54.5 Å². The average molecular weight is 956 g/mol. The molecule has 0 fully saturated rings. The average Bonchev–Trinajstić information content (AvgIpc) is 3.51. The maximum Gasteiger partial charge on any atom is 0.395 e. The van der Waals surface area contributed by atoms with Crippen molar-refractivity contribution in [2.24, 2.45) is 11.5 Å². The van der Waals surface area contributed by atoms with Gasteiger partial charge >= 0.3 is 25.6 Å². The van der Waals surface area contributed by atoms with Gasteiger partial charge in [-0.05, 0) is 93.7 Å². The molecule has 1 aliphatic heterocycles. The second kappa shape index (κ2) is 28.1. The molecular weight excluding hydrogens is 889 g/mol. The van der Waals surface area contributed by atoms with Crippen molar-refractivity contribution in [2.45, 2.75) is 120 Å². The van der Waals surface area contributed by atoms with E-state index in [1.165, 1.54) is 28.2 Å². The Labute approximate surface area is 375 Å². The normalized spacial score (nSPS) is 17.7. The summed E-state index contributed by atoms with van der Waals surface area (Å²) in [6.07, 6.45) is -6.77. The van der Waals surface area contributed by atoms with Gasteiger partial charge in [-0.2, -0.15) is 0 Å². The third-order valence-corrected chi connectivity index (χ3v) is 12.0. The molecule has 27 nitrogen and oxygen atoms in total. The molecule has 9 atom stereocenters. The zero-order chi connectivity index (χ0) is 49.8. The molecule has 5 amide bonds. The Morgan fingerprint density at radius 3 is 1.63 bits per heavy atom. The van der Waals surface area contributed by atoms with Crippen molar-refractivity contribution in [3.8, 4) is 0 Å². The Bertz CT molecular complexity index is 1720. The minimum atomic E-state index is -3.87. The van der Waals surface area contributed by atoms with Crippen LogP contribution in [0.15, 0.2) is 11.5 Å². The van der Waals surface area contributed by atoms with Gasteiger partial charge in [0, 0.05) is 6.42 Å². The van der Waals surface area contributed by atoms with Gasteiger partial charge < -0.3 is 82.7 Å². The Kier molecular flexibility index (Phi) is 25.1. The zero-order valence-corrected chi connectivity index (χ0v) is 38.2. The summed E-state index contributed by atoms with van der Waals surface area (Å²) in [5.74, 6) is -10.9. The van der Waals surface area contributed by atoms with Crippen LogP contribution in [-0.2, 0) is 56.9 Å². The second-order valence-corrected chi connectivity index (χ2v) is 18.1. The Morgan fingerprint density at radius 2 is 1.18 bits per heavy atom. The lowest BCUT2D eigenvalue weighted by molar-refractivity contribution is -0.165. The van der Waals surface area contributed by atoms with Crippen LogP contribution in [0.1, 0.15) is 65.2 Å². The van der Waals surface area contributed by atoms with Gasteiger partial charge in [0.05, 0.1) is 31.8 Å². The van der Waals surface area contributed by atoms with E-state index < -0.39 is 147 Å². The summed E-state index contributed by atoms with van der Waals surface area (Å²) in [6, 6.07) is -8.11. The number of ether oxygens (including phenoxy) is 2. The number of carboxylic acids is 1. The van der Waals surface area contributed by atoms with Crippen molar-refractivity contribution in [3.05, 3.63) is 11.5 Å². The van der Waals surface area contributed by atoms with Gasteiger partial charge in [0.25, 0.3) is 5.76 Å². The Balaban J connectivity index is 3.11. The summed E-state index contributed by atoms with van der Waals surface area (Å²) >= 11 is 0. The van der Waals surface area contributed by atoms with E-state index in [2.05, 4.69) is 26.6 Å². The van der Waals surface area contributed by atoms with Crippen LogP contribution in [0.4, 0.5) is 0 Å². The molecule has 372 valence electrons. The Hall–Kier alpha value is -4.99. The number of rotatable bonds is 31. The molecule has 1 heterocycles. The molecular formula is C37H66N9O18P. The van der Waals surface area contributed by atoms with E-state index in [1.54, 1.807) is 0 Å². The maximum absolute atomic E-state index is 13.6. The predicted octanol–water partition coefficient (Wildman–Crippen LogP) is -4.87. The molecule has 15 N–H and O–H groups in total. The number of nitrogens with zero attached hydrogens (tertiary/aromatic N) is 2. The first-order chi connectivity index (χ1) is 30.4. The van der Waals surface area contributed by atoms with Crippen LogP contribution in [0.2, 0.25) is 0 Å². The van der Waals surface area contributed by atoms with Crippen molar-refractivity contribution in [3.63, 3.8) is 0 Å². The van der Waals surface area contributed by atoms with Gasteiger partial charge in [-0.1, -0.05) is 0 Å². The molecule has 0 aromatic carbocycles. The molecule has 0 saturated carbocycles.